The van der Waals surface area contributed by atoms with Crippen molar-refractivity contribution in [2.24, 2.45) is 5.92 Å². The molecule has 20 heavy (non-hydrogen) atoms. The highest BCUT2D eigenvalue weighted by Crippen LogP contribution is 2.33. The number of nitrogens with one attached hydrogen (secondary N) is 1. The molecule has 1 aliphatic heterocycles. The number of benzene rings is 1. The van der Waals surface area contributed by atoms with E-state index in [1.807, 2.05) is 12.1 Å². The number of likely N-dealkylation sites (tertiary alicyclic amines) is 1. The van der Waals surface area contributed by atoms with Crippen LogP contribution in [0.1, 0.15) is 12.8 Å². The van der Waals surface area contributed by atoms with Crippen molar-refractivity contribution < 1.29 is 18.0 Å². The number of nitrogens with zero attached hydrogens (tertiary/aromatic N) is 1. The number of piperidine rings is 1. The summed E-state index contributed by atoms with van der Waals surface area (Å²) in [6, 6.07) is 6.68. The van der Waals surface area contributed by atoms with Crippen LogP contribution in [0.4, 0.5) is 23.7 Å². The summed E-state index contributed by atoms with van der Waals surface area (Å²) < 4.78 is 39.0. The zero-order valence-electron chi connectivity index (χ0n) is 10.6. The Morgan fingerprint density at radius 3 is 2.70 bits per heavy atom. The van der Waals surface area contributed by atoms with Gasteiger partial charge in [-0.15, -0.1) is 0 Å². The molecule has 0 aromatic heterocycles. The van der Waals surface area contributed by atoms with E-state index in [-0.39, 0.29) is 13.0 Å². The highest BCUT2D eigenvalue weighted by molar-refractivity contribution is 14.1. The largest absolute Gasteiger partial charge is 0.393 e. The maximum absolute atomic E-state index is 12.7. The molecule has 2 amide bonds. The Morgan fingerprint density at radius 2 is 2.05 bits per heavy atom. The standard InChI is InChI=1S/C13H14F3IN2O/c14-13(15,16)9-4-3-7-19(8-9)12(20)18-11-6-2-1-5-10(11)17/h1-2,5-6,9H,3-4,7-8H2,(H,18,20). The molecule has 0 saturated carbocycles. The van der Waals surface area contributed by atoms with Crippen molar-refractivity contribution in [3.05, 3.63) is 27.8 Å². The fourth-order valence-electron chi connectivity index (χ4n) is 2.19. The Balaban J connectivity index is 2.01. The van der Waals surface area contributed by atoms with E-state index in [0.717, 1.165) is 3.57 Å². The van der Waals surface area contributed by atoms with Crippen molar-refractivity contribution in [3.8, 4) is 0 Å². The van der Waals surface area contributed by atoms with Crippen LogP contribution in [0.2, 0.25) is 0 Å². The topological polar surface area (TPSA) is 32.3 Å². The third-order valence-electron chi connectivity index (χ3n) is 3.29. The summed E-state index contributed by atoms with van der Waals surface area (Å²) in [6.07, 6.45) is -3.76. The first-order valence-corrected chi connectivity index (χ1v) is 7.33. The van der Waals surface area contributed by atoms with Crippen molar-refractivity contribution in [1.82, 2.24) is 4.90 Å². The maximum atomic E-state index is 12.7. The summed E-state index contributed by atoms with van der Waals surface area (Å²) in [7, 11) is 0. The first kappa shape index (κ1) is 15.4. The van der Waals surface area contributed by atoms with E-state index in [2.05, 4.69) is 27.9 Å². The van der Waals surface area contributed by atoms with E-state index in [4.69, 9.17) is 0 Å². The molecule has 0 spiro atoms. The zero-order valence-corrected chi connectivity index (χ0v) is 12.7. The van der Waals surface area contributed by atoms with E-state index in [0.29, 0.717) is 18.7 Å². The van der Waals surface area contributed by atoms with E-state index >= 15 is 0 Å². The van der Waals surface area contributed by atoms with Gasteiger partial charge in [-0.3, -0.25) is 0 Å². The number of hydrogen-bond acceptors (Lipinski definition) is 1. The number of anilines is 1. The lowest BCUT2D eigenvalue weighted by Gasteiger charge is -2.33. The molecule has 0 bridgehead atoms. The van der Waals surface area contributed by atoms with Crippen molar-refractivity contribution >= 4 is 34.3 Å². The third-order valence-corrected chi connectivity index (χ3v) is 4.23. The molecular weight excluding hydrogens is 384 g/mol. The number of para-hydroxylation sites is 1. The van der Waals surface area contributed by atoms with Crippen molar-refractivity contribution in [2.75, 3.05) is 18.4 Å². The molecular formula is C13H14F3IN2O. The van der Waals surface area contributed by atoms with Crippen molar-refractivity contribution in [1.29, 1.82) is 0 Å². The number of carbonyl (C=O) groups excluding carboxylic acids is 1. The molecule has 1 saturated heterocycles. The van der Waals surface area contributed by atoms with Gasteiger partial charge in [-0.05, 0) is 47.6 Å². The van der Waals surface area contributed by atoms with Gasteiger partial charge in [0, 0.05) is 16.7 Å². The molecule has 1 heterocycles. The zero-order chi connectivity index (χ0) is 14.8. The first-order valence-electron chi connectivity index (χ1n) is 6.25. The number of halogens is 4. The second-order valence-electron chi connectivity index (χ2n) is 4.74. The Morgan fingerprint density at radius 1 is 1.35 bits per heavy atom. The average Bonchev–Trinajstić information content (AvgIpc) is 2.40. The van der Waals surface area contributed by atoms with Crippen LogP contribution < -0.4 is 5.32 Å². The lowest BCUT2D eigenvalue weighted by atomic mass is 9.98. The van der Waals surface area contributed by atoms with Gasteiger partial charge in [0.1, 0.15) is 0 Å². The van der Waals surface area contributed by atoms with Crippen LogP contribution in [0.3, 0.4) is 0 Å². The van der Waals surface area contributed by atoms with Gasteiger partial charge in [-0.1, -0.05) is 12.1 Å². The van der Waals surface area contributed by atoms with Gasteiger partial charge in [-0.25, -0.2) is 4.79 Å². The number of hydrogen-bond donors (Lipinski definition) is 1. The van der Waals surface area contributed by atoms with Gasteiger partial charge in [-0.2, -0.15) is 13.2 Å². The summed E-state index contributed by atoms with van der Waals surface area (Å²) >= 11 is 2.07. The molecule has 1 unspecified atom stereocenters. The Bertz CT molecular complexity index is 493. The van der Waals surface area contributed by atoms with Crippen LogP contribution in [0.15, 0.2) is 24.3 Å². The highest BCUT2D eigenvalue weighted by atomic mass is 127. The Hall–Kier alpha value is -0.990. The number of carbonyl (C=O) groups is 1. The van der Waals surface area contributed by atoms with Crippen LogP contribution in [0.5, 0.6) is 0 Å². The van der Waals surface area contributed by atoms with E-state index in [9.17, 15) is 18.0 Å². The molecule has 1 aromatic carbocycles. The number of alkyl halides is 3. The lowest BCUT2D eigenvalue weighted by Crippen LogP contribution is -2.46. The fourth-order valence-corrected chi connectivity index (χ4v) is 2.71. The predicted octanol–water partition coefficient (Wildman–Crippen LogP) is 4.10. The number of amides is 2. The third kappa shape index (κ3) is 3.77. The minimum atomic E-state index is -4.24. The van der Waals surface area contributed by atoms with Crippen LogP contribution >= 0.6 is 22.6 Å². The monoisotopic (exact) mass is 398 g/mol. The van der Waals surface area contributed by atoms with Crippen LogP contribution in [-0.4, -0.2) is 30.2 Å². The summed E-state index contributed by atoms with van der Waals surface area (Å²) in [5.41, 5.74) is 0.618. The second kappa shape index (κ2) is 6.19. The molecule has 2 rings (SSSR count). The predicted molar refractivity (Wildman–Crippen MR) is 78.5 cm³/mol. The molecule has 0 radical (unpaired) electrons. The second-order valence-corrected chi connectivity index (χ2v) is 5.90. The van der Waals surface area contributed by atoms with Crippen LogP contribution in [0, 0.1) is 9.49 Å². The van der Waals surface area contributed by atoms with Gasteiger partial charge in [0.2, 0.25) is 0 Å². The molecule has 110 valence electrons. The van der Waals surface area contributed by atoms with E-state index < -0.39 is 18.1 Å². The van der Waals surface area contributed by atoms with E-state index in [1.54, 1.807) is 12.1 Å². The Kier molecular flexibility index (Phi) is 4.77. The van der Waals surface area contributed by atoms with Crippen molar-refractivity contribution in [2.45, 2.75) is 19.0 Å². The minimum Gasteiger partial charge on any atom is -0.324 e. The first-order chi connectivity index (χ1) is 9.38. The normalized spacial score (nSPS) is 19.8. The molecule has 1 aromatic rings. The van der Waals surface area contributed by atoms with Gasteiger partial charge >= 0.3 is 12.2 Å². The van der Waals surface area contributed by atoms with E-state index in [1.165, 1.54) is 4.90 Å². The van der Waals surface area contributed by atoms with Gasteiger partial charge in [0.15, 0.2) is 0 Å². The SMILES string of the molecule is O=C(Nc1ccccc1I)N1CCCC(C(F)(F)F)C1. The quantitative estimate of drug-likeness (QED) is 0.711. The smallest absolute Gasteiger partial charge is 0.324 e. The molecule has 1 fully saturated rings. The lowest BCUT2D eigenvalue weighted by molar-refractivity contribution is -0.183. The maximum Gasteiger partial charge on any atom is 0.393 e. The fraction of sp³-hybridized carbons (Fsp3) is 0.462. The molecule has 1 aliphatic rings. The summed E-state index contributed by atoms with van der Waals surface area (Å²) in [6.45, 7) is 0.0978. The summed E-state index contributed by atoms with van der Waals surface area (Å²) in [5, 5.41) is 2.66. The Labute approximate surface area is 128 Å². The summed E-state index contributed by atoms with van der Waals surface area (Å²) in [4.78, 5) is 13.3. The van der Waals surface area contributed by atoms with Gasteiger partial charge in [0.05, 0.1) is 11.6 Å². The minimum absolute atomic E-state index is 0.0934. The van der Waals surface area contributed by atoms with Gasteiger partial charge < -0.3 is 10.2 Å². The molecule has 1 atom stereocenters. The molecule has 7 heteroatoms. The highest BCUT2D eigenvalue weighted by Gasteiger charge is 2.42. The summed E-state index contributed by atoms with van der Waals surface area (Å²) in [5.74, 6) is -1.42. The number of urea groups is 1. The van der Waals surface area contributed by atoms with Crippen molar-refractivity contribution in [3.63, 3.8) is 0 Å². The number of rotatable bonds is 1. The van der Waals surface area contributed by atoms with Crippen LogP contribution in [-0.2, 0) is 0 Å². The molecule has 0 aliphatic carbocycles. The average molecular weight is 398 g/mol. The van der Waals surface area contributed by atoms with Crippen LogP contribution in [0.25, 0.3) is 0 Å². The van der Waals surface area contributed by atoms with Gasteiger partial charge in [0.25, 0.3) is 0 Å². The molecule has 1 N–H and O–H groups in total. The molecule has 3 nitrogen and oxygen atoms in total.